The van der Waals surface area contributed by atoms with Crippen molar-refractivity contribution in [2.75, 3.05) is 43.9 Å². The Morgan fingerprint density at radius 1 is 1.08 bits per heavy atom. The van der Waals surface area contributed by atoms with Crippen LogP contribution in [0.2, 0.25) is 0 Å². The van der Waals surface area contributed by atoms with Crippen LogP contribution in [-0.2, 0) is 23.0 Å². The van der Waals surface area contributed by atoms with Gasteiger partial charge in [0, 0.05) is 67.6 Å². The number of carbonyl (C=O) groups excluding carboxylic acids is 1. The van der Waals surface area contributed by atoms with Gasteiger partial charge in [-0.1, -0.05) is 30.3 Å². The van der Waals surface area contributed by atoms with Crippen LogP contribution in [0, 0.1) is 0 Å². The number of hydrogen-bond donors (Lipinski definition) is 2. The van der Waals surface area contributed by atoms with E-state index >= 15 is 0 Å². The first-order chi connectivity index (χ1) is 18.3. The van der Waals surface area contributed by atoms with Crippen LogP contribution in [0.5, 0.6) is 0 Å². The van der Waals surface area contributed by atoms with Gasteiger partial charge in [0.25, 0.3) is 5.91 Å². The minimum absolute atomic E-state index is 0.152. The molecule has 1 fully saturated rings. The van der Waals surface area contributed by atoms with Crippen molar-refractivity contribution in [3.8, 4) is 0 Å². The quantitative estimate of drug-likeness (QED) is 0.524. The van der Waals surface area contributed by atoms with Gasteiger partial charge in [-0.15, -0.1) is 0 Å². The third kappa shape index (κ3) is 4.52. The number of aromatic nitrogens is 1. The predicted molar refractivity (Wildman–Crippen MR) is 152 cm³/mol. The molecule has 3 aliphatic heterocycles. The minimum atomic E-state index is -3.20. The van der Waals surface area contributed by atoms with E-state index in [4.69, 9.17) is 5.73 Å². The molecule has 0 spiro atoms. The van der Waals surface area contributed by atoms with Crippen LogP contribution >= 0.6 is 0 Å². The molecule has 0 saturated carbocycles. The molecule has 200 valence electrons. The number of carbonyl (C=O) groups is 1. The number of nitrogens with zero attached hydrogens (tertiary/aromatic N) is 3. The first-order valence-electron chi connectivity index (χ1n) is 13.5. The second-order valence-corrected chi connectivity index (χ2v) is 12.7. The summed E-state index contributed by atoms with van der Waals surface area (Å²) < 4.78 is 25.4. The highest BCUT2D eigenvalue weighted by atomic mass is 32.2. The molecule has 8 nitrogen and oxygen atoms in total. The molecule has 0 unspecified atom stereocenters. The molecule has 3 aromatic rings. The number of piperidine rings is 1. The summed E-state index contributed by atoms with van der Waals surface area (Å²) in [6.45, 7) is 3.82. The highest BCUT2D eigenvalue weighted by Crippen LogP contribution is 2.36. The molecule has 38 heavy (non-hydrogen) atoms. The average Bonchev–Trinajstić information content (AvgIpc) is 3.38. The molecule has 0 bridgehead atoms. The molecule has 2 aromatic carbocycles. The lowest BCUT2D eigenvalue weighted by atomic mass is 9.95. The number of rotatable bonds is 5. The second-order valence-electron chi connectivity index (χ2n) is 10.7. The first-order valence-corrected chi connectivity index (χ1v) is 15.3. The van der Waals surface area contributed by atoms with Crippen molar-refractivity contribution in [2.24, 2.45) is 5.73 Å². The van der Waals surface area contributed by atoms with E-state index in [2.05, 4.69) is 39.0 Å². The zero-order valence-corrected chi connectivity index (χ0v) is 22.6. The standard InChI is InChI=1S/C29H35N5O3S/c1-38(36,37)33-14-10-21(11-15-33)26-17-25-27(9-8-22(18-30)28(25)31-26)32-13-4-6-23(19-32)34-16-12-20-5-2-3-7-24(20)29(34)35/h2-3,5,7-10,17,23,31H,4,6,11-16,18-19,30H2,1H3/t23-/m1/s1. The molecule has 0 aliphatic carbocycles. The Morgan fingerprint density at radius 3 is 2.68 bits per heavy atom. The van der Waals surface area contributed by atoms with E-state index in [1.807, 2.05) is 24.3 Å². The monoisotopic (exact) mass is 533 g/mol. The van der Waals surface area contributed by atoms with Gasteiger partial charge >= 0.3 is 0 Å². The van der Waals surface area contributed by atoms with Gasteiger partial charge in [-0.2, -0.15) is 4.31 Å². The van der Waals surface area contributed by atoms with Gasteiger partial charge in [0.15, 0.2) is 0 Å². The number of hydrogen-bond acceptors (Lipinski definition) is 5. The molecule has 3 aliphatic rings. The van der Waals surface area contributed by atoms with Crippen LogP contribution in [0.25, 0.3) is 16.5 Å². The van der Waals surface area contributed by atoms with Crippen LogP contribution in [0.15, 0.2) is 48.5 Å². The number of fused-ring (bicyclic) bond motifs is 2. The van der Waals surface area contributed by atoms with E-state index < -0.39 is 10.0 Å². The number of anilines is 1. The van der Waals surface area contributed by atoms with Crippen molar-refractivity contribution >= 4 is 38.1 Å². The summed E-state index contributed by atoms with van der Waals surface area (Å²) in [5, 5.41) is 1.13. The van der Waals surface area contributed by atoms with E-state index in [0.717, 1.165) is 83.4 Å². The van der Waals surface area contributed by atoms with Crippen molar-refractivity contribution in [3.05, 3.63) is 70.9 Å². The third-order valence-electron chi connectivity index (χ3n) is 8.37. The summed E-state index contributed by atoms with van der Waals surface area (Å²) in [5.41, 5.74) is 13.5. The number of nitrogens with two attached hydrogens (primary N) is 1. The largest absolute Gasteiger partial charge is 0.369 e. The molecule has 6 rings (SSSR count). The molecule has 0 radical (unpaired) electrons. The fourth-order valence-corrected chi connectivity index (χ4v) is 7.07. The van der Waals surface area contributed by atoms with E-state index in [1.54, 1.807) is 0 Å². The van der Waals surface area contributed by atoms with Crippen molar-refractivity contribution < 1.29 is 13.2 Å². The summed E-state index contributed by atoms with van der Waals surface area (Å²) >= 11 is 0. The molecule has 1 saturated heterocycles. The molecule has 1 amide bonds. The van der Waals surface area contributed by atoms with Gasteiger partial charge in [0.2, 0.25) is 10.0 Å². The Balaban J connectivity index is 1.29. The van der Waals surface area contributed by atoms with Crippen LogP contribution in [0.1, 0.15) is 46.4 Å². The molecule has 1 atom stereocenters. The van der Waals surface area contributed by atoms with Crippen LogP contribution in [0.3, 0.4) is 0 Å². The second kappa shape index (κ2) is 9.87. The highest BCUT2D eigenvalue weighted by molar-refractivity contribution is 7.88. The first kappa shape index (κ1) is 25.2. The molecule has 4 heterocycles. The third-order valence-corrected chi connectivity index (χ3v) is 9.64. The van der Waals surface area contributed by atoms with Gasteiger partial charge in [0.05, 0.1) is 11.8 Å². The maximum Gasteiger partial charge on any atom is 0.254 e. The Hall–Kier alpha value is -3.14. The number of sulfonamides is 1. The molecule has 1 aromatic heterocycles. The van der Waals surface area contributed by atoms with E-state index in [9.17, 15) is 13.2 Å². The van der Waals surface area contributed by atoms with E-state index in [-0.39, 0.29) is 11.9 Å². The lowest BCUT2D eigenvalue weighted by Gasteiger charge is -2.42. The zero-order valence-electron chi connectivity index (χ0n) is 21.8. The Labute approximate surface area is 224 Å². The van der Waals surface area contributed by atoms with Crippen molar-refractivity contribution in [1.82, 2.24) is 14.2 Å². The highest BCUT2D eigenvalue weighted by Gasteiger charge is 2.33. The number of amides is 1. The van der Waals surface area contributed by atoms with Crippen LogP contribution < -0.4 is 10.6 Å². The van der Waals surface area contributed by atoms with Crippen molar-refractivity contribution in [2.45, 2.75) is 38.3 Å². The summed E-state index contributed by atoms with van der Waals surface area (Å²) in [6, 6.07) is 14.6. The Bertz CT molecular complexity index is 1530. The van der Waals surface area contributed by atoms with E-state index in [1.165, 1.54) is 10.6 Å². The van der Waals surface area contributed by atoms with Crippen molar-refractivity contribution in [3.63, 3.8) is 0 Å². The number of aromatic amines is 1. The lowest BCUT2D eigenvalue weighted by Crippen LogP contribution is -2.52. The van der Waals surface area contributed by atoms with Gasteiger partial charge in [-0.25, -0.2) is 8.42 Å². The molecule has 9 heteroatoms. The summed E-state index contributed by atoms with van der Waals surface area (Å²) in [4.78, 5) is 21.5. The number of nitrogens with one attached hydrogen (secondary N) is 1. The molecular formula is C29H35N5O3S. The van der Waals surface area contributed by atoms with Gasteiger partial charge in [0.1, 0.15) is 0 Å². The molecular weight excluding hydrogens is 498 g/mol. The van der Waals surface area contributed by atoms with Gasteiger partial charge in [-0.3, -0.25) is 4.79 Å². The topological polar surface area (TPSA) is 103 Å². The maximum atomic E-state index is 13.4. The van der Waals surface area contributed by atoms with Crippen LogP contribution in [-0.4, -0.2) is 73.5 Å². The summed E-state index contributed by atoms with van der Waals surface area (Å²) in [5.74, 6) is 0.152. The maximum absolute atomic E-state index is 13.4. The summed E-state index contributed by atoms with van der Waals surface area (Å²) in [6.07, 6.45) is 6.87. The number of H-pyrrole nitrogens is 1. The SMILES string of the molecule is CS(=O)(=O)N1CC=C(c2cc3c(N4CCC[C@@H](N5CCc6ccccc6C5=O)C4)ccc(CN)c3[nH]2)CC1. The fourth-order valence-electron chi connectivity index (χ4n) is 6.30. The lowest BCUT2D eigenvalue weighted by molar-refractivity contribution is 0.0641. The zero-order chi connectivity index (χ0) is 26.4. The number of benzene rings is 2. The normalized spacial score (nSPS) is 21.1. The fraction of sp³-hybridized carbons (Fsp3) is 0.414. The van der Waals surface area contributed by atoms with Gasteiger partial charge < -0.3 is 20.5 Å². The average molecular weight is 534 g/mol. The van der Waals surface area contributed by atoms with Gasteiger partial charge in [-0.05, 0) is 60.6 Å². The van der Waals surface area contributed by atoms with Crippen molar-refractivity contribution in [1.29, 1.82) is 0 Å². The smallest absolute Gasteiger partial charge is 0.254 e. The Kier molecular flexibility index (Phi) is 6.53. The Morgan fingerprint density at radius 2 is 1.92 bits per heavy atom. The molecule has 3 N–H and O–H groups in total. The van der Waals surface area contributed by atoms with E-state index in [0.29, 0.717) is 26.1 Å². The summed E-state index contributed by atoms with van der Waals surface area (Å²) in [7, 11) is -3.20. The van der Waals surface area contributed by atoms with Crippen LogP contribution in [0.4, 0.5) is 5.69 Å². The minimum Gasteiger partial charge on any atom is -0.369 e. The predicted octanol–water partition coefficient (Wildman–Crippen LogP) is 3.34.